The summed E-state index contributed by atoms with van der Waals surface area (Å²) in [5.74, 6) is -1.73. The Hall–Kier alpha value is -1.80. The van der Waals surface area contributed by atoms with Crippen molar-refractivity contribution in [2.24, 2.45) is 11.8 Å². The Morgan fingerprint density at radius 3 is 2.65 bits per heavy atom. The number of hydrogen-bond donors (Lipinski definition) is 1. The van der Waals surface area contributed by atoms with E-state index in [0.29, 0.717) is 25.9 Å². The number of aliphatic hydroxyl groups excluding tert-OH is 1. The van der Waals surface area contributed by atoms with Gasteiger partial charge in [0.15, 0.2) is 0 Å². The second kappa shape index (κ2) is 8.28. The summed E-state index contributed by atoms with van der Waals surface area (Å²) in [6, 6.07) is -0.643. The number of amides is 2. The summed E-state index contributed by atoms with van der Waals surface area (Å²) in [5, 5.41) is 8.93. The molecule has 8 heteroatoms. The Morgan fingerprint density at radius 1 is 1.16 bits per heavy atom. The highest BCUT2D eigenvalue weighted by Gasteiger charge is 2.71. The number of fused-ring (bicyclic) bond motifs is 2. The highest BCUT2D eigenvalue weighted by molar-refractivity contribution is 8.02. The topological polar surface area (TPSA) is 87.2 Å². The molecule has 2 saturated heterocycles. The van der Waals surface area contributed by atoms with Crippen molar-refractivity contribution in [3.8, 4) is 0 Å². The highest BCUT2D eigenvalue weighted by atomic mass is 32.2. The van der Waals surface area contributed by atoms with Gasteiger partial charge in [-0.05, 0) is 40.0 Å². The molecule has 4 aliphatic rings. The highest BCUT2D eigenvalue weighted by Crippen LogP contribution is 2.61. The minimum atomic E-state index is -0.777. The van der Waals surface area contributed by atoms with Gasteiger partial charge in [-0.25, -0.2) is 0 Å². The first-order valence-corrected chi connectivity index (χ1v) is 12.0. The lowest BCUT2D eigenvalue weighted by atomic mass is 9.78. The molecule has 2 amide bonds. The fraction of sp³-hybridized carbons (Fsp3) is 0.696. The van der Waals surface area contributed by atoms with E-state index in [2.05, 4.69) is 0 Å². The molecule has 4 heterocycles. The van der Waals surface area contributed by atoms with E-state index in [9.17, 15) is 14.4 Å². The molecular formula is C23H32N2O5S. The second-order valence-electron chi connectivity index (χ2n) is 9.74. The number of likely N-dealkylation sites (tertiary alicyclic amines) is 1. The zero-order valence-electron chi connectivity index (χ0n) is 18.5. The van der Waals surface area contributed by atoms with Gasteiger partial charge in [-0.1, -0.05) is 24.3 Å². The monoisotopic (exact) mass is 448 g/mol. The molecule has 1 spiro atoms. The Morgan fingerprint density at radius 2 is 1.94 bits per heavy atom. The van der Waals surface area contributed by atoms with Crippen molar-refractivity contribution in [2.45, 2.75) is 61.6 Å². The number of cyclic esters (lactones) is 1. The van der Waals surface area contributed by atoms with Gasteiger partial charge in [0, 0.05) is 30.5 Å². The lowest BCUT2D eigenvalue weighted by Crippen LogP contribution is -2.57. The fourth-order valence-electron chi connectivity index (χ4n) is 5.38. The van der Waals surface area contributed by atoms with Crippen LogP contribution in [0, 0.1) is 11.8 Å². The molecular weight excluding hydrogens is 416 g/mol. The summed E-state index contributed by atoms with van der Waals surface area (Å²) < 4.78 is 4.60. The van der Waals surface area contributed by atoms with Crippen LogP contribution in [0.5, 0.6) is 0 Å². The predicted octanol–water partition coefficient (Wildman–Crippen LogP) is 1.76. The molecule has 1 N–H and O–H groups in total. The normalized spacial score (nSPS) is 34.9. The minimum absolute atomic E-state index is 0.0585. The summed E-state index contributed by atoms with van der Waals surface area (Å²) in [7, 11) is 0. The van der Waals surface area contributed by atoms with Crippen molar-refractivity contribution in [2.75, 3.05) is 26.3 Å². The quantitative estimate of drug-likeness (QED) is 0.392. The number of hydrogen-bond acceptors (Lipinski definition) is 6. The third-order valence-corrected chi connectivity index (χ3v) is 8.52. The zero-order chi connectivity index (χ0) is 22.4. The van der Waals surface area contributed by atoms with Crippen molar-refractivity contribution in [3.63, 3.8) is 0 Å². The number of ether oxygens (including phenoxy) is 1. The van der Waals surface area contributed by atoms with Crippen LogP contribution in [0.4, 0.5) is 0 Å². The van der Waals surface area contributed by atoms with Crippen molar-refractivity contribution < 1.29 is 24.2 Å². The average Bonchev–Trinajstić information content (AvgIpc) is 2.98. The van der Waals surface area contributed by atoms with Crippen LogP contribution in [0.3, 0.4) is 0 Å². The fourth-order valence-corrected chi connectivity index (χ4v) is 7.39. The van der Waals surface area contributed by atoms with Crippen molar-refractivity contribution in [1.29, 1.82) is 0 Å². The zero-order valence-corrected chi connectivity index (χ0v) is 19.3. The van der Waals surface area contributed by atoms with Gasteiger partial charge in [0.1, 0.15) is 12.6 Å². The second-order valence-corrected chi connectivity index (χ2v) is 11.2. The van der Waals surface area contributed by atoms with Gasteiger partial charge in [-0.3, -0.25) is 14.4 Å². The standard InChI is InChI=1S/C23H32N2O5S/c1-22(2,3)25-12-8-10-23-17(16-15(31-23)9-7-14-30-21(16)29)19(27)24(18(23)20(25)28)11-5-4-6-13-26/h7-10,15-18,26H,4-6,11-14H2,1-3H3/t15-,16+,17+,18?,23+/m1/s1. The van der Waals surface area contributed by atoms with Gasteiger partial charge in [0.2, 0.25) is 11.8 Å². The molecule has 0 bridgehead atoms. The van der Waals surface area contributed by atoms with E-state index in [1.165, 1.54) is 0 Å². The average molecular weight is 449 g/mol. The van der Waals surface area contributed by atoms with E-state index in [4.69, 9.17) is 9.84 Å². The third kappa shape index (κ3) is 3.61. The van der Waals surface area contributed by atoms with Crippen molar-refractivity contribution >= 4 is 29.5 Å². The Labute approximate surface area is 187 Å². The molecule has 4 rings (SSSR count). The number of unbranched alkanes of at least 4 members (excludes halogenated alkanes) is 2. The maximum atomic E-state index is 13.9. The Balaban J connectivity index is 1.76. The Bertz CT molecular complexity index is 819. The van der Waals surface area contributed by atoms with Crippen molar-refractivity contribution in [1.82, 2.24) is 9.80 Å². The van der Waals surface area contributed by atoms with Crippen LogP contribution in [0.2, 0.25) is 0 Å². The number of nitrogens with zero attached hydrogens (tertiary/aromatic N) is 2. The number of aliphatic hydroxyl groups is 1. The molecule has 0 aromatic carbocycles. The summed E-state index contributed by atoms with van der Waals surface area (Å²) in [6.45, 7) is 7.27. The molecule has 0 aromatic heterocycles. The number of carbonyl (C=O) groups is 3. The van der Waals surface area contributed by atoms with Crippen molar-refractivity contribution in [3.05, 3.63) is 24.3 Å². The first-order chi connectivity index (χ1) is 14.7. The number of carbonyl (C=O) groups excluding carboxylic acids is 3. The van der Waals surface area contributed by atoms with Crippen LogP contribution in [0.1, 0.15) is 40.0 Å². The molecule has 0 aromatic rings. The molecule has 31 heavy (non-hydrogen) atoms. The summed E-state index contributed by atoms with van der Waals surface area (Å²) in [4.78, 5) is 44.1. The third-order valence-electron chi connectivity index (χ3n) is 6.78. The van der Waals surface area contributed by atoms with Gasteiger partial charge >= 0.3 is 5.97 Å². The molecule has 0 aliphatic carbocycles. The predicted molar refractivity (Wildman–Crippen MR) is 118 cm³/mol. The number of esters is 1. The number of rotatable bonds is 5. The van der Waals surface area contributed by atoms with Crippen LogP contribution in [-0.4, -0.2) is 80.6 Å². The Kier molecular flexibility index (Phi) is 5.98. The lowest BCUT2D eigenvalue weighted by Gasteiger charge is -2.40. The van der Waals surface area contributed by atoms with E-state index in [0.717, 1.165) is 6.42 Å². The van der Waals surface area contributed by atoms with Gasteiger partial charge in [-0.15, -0.1) is 11.8 Å². The molecule has 0 saturated carbocycles. The first kappa shape index (κ1) is 22.4. The van der Waals surface area contributed by atoms with Crippen LogP contribution >= 0.6 is 11.8 Å². The SMILES string of the molecule is CC(C)(C)N1CC=C[C@]23S[C@@H]4C=CCOC(=O)[C@@H]4[C@H]2C(=O)N(CCCCCO)C3C1=O. The van der Waals surface area contributed by atoms with Crippen LogP contribution in [0.25, 0.3) is 0 Å². The lowest BCUT2D eigenvalue weighted by molar-refractivity contribution is -0.151. The van der Waals surface area contributed by atoms with E-state index < -0.39 is 22.6 Å². The van der Waals surface area contributed by atoms with Gasteiger partial charge in [0.25, 0.3) is 0 Å². The first-order valence-electron chi connectivity index (χ1n) is 11.1. The maximum Gasteiger partial charge on any atom is 0.311 e. The molecule has 7 nitrogen and oxygen atoms in total. The molecule has 0 radical (unpaired) electrons. The summed E-state index contributed by atoms with van der Waals surface area (Å²) >= 11 is 1.57. The van der Waals surface area contributed by atoms with E-state index in [-0.39, 0.29) is 41.8 Å². The molecule has 170 valence electrons. The van der Waals surface area contributed by atoms with Crippen LogP contribution < -0.4 is 0 Å². The largest absolute Gasteiger partial charge is 0.461 e. The van der Waals surface area contributed by atoms with Gasteiger partial charge in [-0.2, -0.15) is 0 Å². The van der Waals surface area contributed by atoms with Crippen LogP contribution in [-0.2, 0) is 19.1 Å². The van der Waals surface area contributed by atoms with E-state index in [1.54, 1.807) is 16.7 Å². The molecule has 5 atom stereocenters. The summed E-state index contributed by atoms with van der Waals surface area (Å²) in [6.07, 6.45) is 9.98. The van der Waals surface area contributed by atoms with Crippen LogP contribution in [0.15, 0.2) is 24.3 Å². The molecule has 2 fully saturated rings. The summed E-state index contributed by atoms with van der Waals surface area (Å²) in [5.41, 5.74) is -0.386. The van der Waals surface area contributed by atoms with E-state index >= 15 is 0 Å². The molecule has 1 unspecified atom stereocenters. The van der Waals surface area contributed by atoms with Gasteiger partial charge < -0.3 is 19.6 Å². The smallest absolute Gasteiger partial charge is 0.311 e. The number of thioether (sulfide) groups is 1. The maximum absolute atomic E-state index is 13.9. The van der Waals surface area contributed by atoms with E-state index in [1.807, 2.05) is 50.0 Å². The van der Waals surface area contributed by atoms with Gasteiger partial charge in [0.05, 0.1) is 16.6 Å². The minimum Gasteiger partial charge on any atom is -0.461 e. The molecule has 4 aliphatic heterocycles.